The van der Waals surface area contributed by atoms with Crippen LogP contribution in [-0.4, -0.2) is 81.0 Å². The number of aliphatic hydroxyl groups excluding tert-OH is 1. The summed E-state index contributed by atoms with van der Waals surface area (Å²) in [6.45, 7) is 2.41. The minimum absolute atomic E-state index is 0.162. The highest BCUT2D eigenvalue weighted by Gasteiger charge is 2.64. The molecule has 4 heterocycles. The Morgan fingerprint density at radius 1 is 1.06 bits per heavy atom. The zero-order valence-electron chi connectivity index (χ0n) is 17.5. The van der Waals surface area contributed by atoms with Crippen LogP contribution >= 0.6 is 0 Å². The van der Waals surface area contributed by atoms with Crippen molar-refractivity contribution in [2.24, 2.45) is 0 Å². The summed E-state index contributed by atoms with van der Waals surface area (Å²) in [5, 5.41) is 10.3. The highest BCUT2D eigenvalue weighted by molar-refractivity contribution is 6.06. The van der Waals surface area contributed by atoms with Gasteiger partial charge in [0.25, 0.3) is 5.91 Å². The molecule has 0 radical (unpaired) electrons. The van der Waals surface area contributed by atoms with E-state index in [4.69, 9.17) is 4.74 Å². The number of β-amino-alcohol motifs (C(OH)–C–C–N with tert-alkyl or cyclic N) is 1. The lowest BCUT2D eigenvalue weighted by atomic mass is 9.82. The standard InChI is InChI=1S/C23H26N4O4/c1-31-19-4-2-16(3-5-19)12-26-21(29)20-10-18(28)13-27(20)23(22(26)30)14-25(15-23)11-17-6-8-24-9-7-17/h2-9,18,20,28H,10-15H2,1H3. The van der Waals surface area contributed by atoms with Crippen LogP contribution in [0.3, 0.4) is 0 Å². The van der Waals surface area contributed by atoms with E-state index in [1.54, 1.807) is 19.5 Å². The molecule has 162 valence electrons. The molecule has 1 spiro atoms. The maximum Gasteiger partial charge on any atom is 0.252 e. The topological polar surface area (TPSA) is 86.2 Å². The Labute approximate surface area is 181 Å². The molecule has 1 N–H and O–H groups in total. The fourth-order valence-corrected chi connectivity index (χ4v) is 5.11. The minimum atomic E-state index is -0.754. The molecule has 5 rings (SSSR count). The zero-order valence-corrected chi connectivity index (χ0v) is 17.5. The predicted octanol–water partition coefficient (Wildman–Crippen LogP) is 0.649. The van der Waals surface area contributed by atoms with Crippen molar-refractivity contribution < 1.29 is 19.4 Å². The van der Waals surface area contributed by atoms with Gasteiger partial charge < -0.3 is 9.84 Å². The number of rotatable bonds is 5. The molecular formula is C23H26N4O4. The lowest BCUT2D eigenvalue weighted by Crippen LogP contribution is -2.81. The molecular weight excluding hydrogens is 396 g/mol. The zero-order chi connectivity index (χ0) is 21.6. The van der Waals surface area contributed by atoms with Crippen LogP contribution in [-0.2, 0) is 22.7 Å². The van der Waals surface area contributed by atoms with Gasteiger partial charge in [0.15, 0.2) is 0 Å². The first-order valence-corrected chi connectivity index (χ1v) is 10.5. The second-order valence-corrected chi connectivity index (χ2v) is 8.67. The Kier molecular flexibility index (Phi) is 5.00. The molecule has 1 aromatic heterocycles. The van der Waals surface area contributed by atoms with Gasteiger partial charge in [0.1, 0.15) is 11.3 Å². The van der Waals surface area contributed by atoms with E-state index in [9.17, 15) is 14.7 Å². The quantitative estimate of drug-likeness (QED) is 0.708. The van der Waals surface area contributed by atoms with Gasteiger partial charge in [-0.25, -0.2) is 0 Å². The van der Waals surface area contributed by atoms with Crippen LogP contribution in [0.5, 0.6) is 5.75 Å². The van der Waals surface area contributed by atoms with E-state index < -0.39 is 17.7 Å². The van der Waals surface area contributed by atoms with Crippen LogP contribution in [0.4, 0.5) is 0 Å². The Morgan fingerprint density at radius 3 is 2.42 bits per heavy atom. The first-order chi connectivity index (χ1) is 15.0. The number of likely N-dealkylation sites (tertiary alicyclic amines) is 1. The van der Waals surface area contributed by atoms with Gasteiger partial charge in [-0.15, -0.1) is 0 Å². The molecule has 0 aliphatic carbocycles. The largest absolute Gasteiger partial charge is 0.497 e. The van der Waals surface area contributed by atoms with Gasteiger partial charge in [-0.2, -0.15) is 0 Å². The van der Waals surface area contributed by atoms with Gasteiger partial charge >= 0.3 is 0 Å². The molecule has 2 aromatic rings. The third-order valence-corrected chi connectivity index (χ3v) is 6.65. The molecule has 2 amide bonds. The molecule has 2 atom stereocenters. The molecule has 3 saturated heterocycles. The fourth-order valence-electron chi connectivity index (χ4n) is 5.11. The fraction of sp³-hybridized carbons (Fsp3) is 0.435. The third-order valence-electron chi connectivity index (χ3n) is 6.65. The van der Waals surface area contributed by atoms with E-state index in [-0.39, 0.29) is 18.4 Å². The Hall–Kier alpha value is -2.81. The van der Waals surface area contributed by atoms with Crippen LogP contribution in [0.2, 0.25) is 0 Å². The lowest BCUT2D eigenvalue weighted by molar-refractivity contribution is -0.181. The van der Waals surface area contributed by atoms with Crippen LogP contribution in [0, 0.1) is 0 Å². The smallest absolute Gasteiger partial charge is 0.252 e. The normalized spacial score (nSPS) is 25.5. The average Bonchev–Trinajstić information content (AvgIpc) is 3.16. The van der Waals surface area contributed by atoms with E-state index >= 15 is 0 Å². The van der Waals surface area contributed by atoms with Gasteiger partial charge in [0.05, 0.1) is 25.8 Å². The van der Waals surface area contributed by atoms with E-state index in [1.807, 2.05) is 41.3 Å². The summed E-state index contributed by atoms with van der Waals surface area (Å²) in [6.07, 6.45) is 3.31. The van der Waals surface area contributed by atoms with Crippen LogP contribution in [0.25, 0.3) is 0 Å². The molecule has 8 heteroatoms. The number of fused-ring (bicyclic) bond motifs is 2. The van der Waals surface area contributed by atoms with Gasteiger partial charge in [0.2, 0.25) is 5.91 Å². The number of methoxy groups -OCH3 is 1. The van der Waals surface area contributed by atoms with Crippen molar-refractivity contribution in [1.29, 1.82) is 0 Å². The first kappa shape index (κ1) is 20.1. The summed E-state index contributed by atoms with van der Waals surface area (Å²) in [6, 6.07) is 10.9. The number of ether oxygens (including phenoxy) is 1. The number of piperazine rings is 1. The number of aliphatic hydroxyl groups is 1. The van der Waals surface area contributed by atoms with Gasteiger partial charge in [-0.3, -0.25) is 29.3 Å². The molecule has 3 aliphatic heterocycles. The summed E-state index contributed by atoms with van der Waals surface area (Å²) < 4.78 is 5.20. The maximum absolute atomic E-state index is 13.6. The van der Waals surface area contributed by atoms with Crippen molar-refractivity contribution in [1.82, 2.24) is 19.7 Å². The molecule has 1 aromatic carbocycles. The average molecular weight is 422 g/mol. The van der Waals surface area contributed by atoms with Crippen molar-refractivity contribution in [3.05, 3.63) is 59.9 Å². The molecule has 8 nitrogen and oxygen atoms in total. The monoisotopic (exact) mass is 422 g/mol. The highest BCUT2D eigenvalue weighted by Crippen LogP contribution is 2.41. The van der Waals surface area contributed by atoms with E-state index in [0.29, 0.717) is 26.1 Å². The number of carbonyl (C=O) groups is 2. The van der Waals surface area contributed by atoms with Crippen LogP contribution in [0.1, 0.15) is 17.5 Å². The number of benzene rings is 1. The SMILES string of the molecule is COc1ccc(CN2C(=O)C3CC(O)CN3C3(CN(Cc4ccncc4)C3)C2=O)cc1. The summed E-state index contributed by atoms with van der Waals surface area (Å²) in [4.78, 5) is 36.4. The van der Waals surface area contributed by atoms with Crippen molar-refractivity contribution in [2.45, 2.75) is 37.2 Å². The summed E-state index contributed by atoms with van der Waals surface area (Å²) in [5.74, 6) is 0.354. The summed E-state index contributed by atoms with van der Waals surface area (Å²) in [7, 11) is 1.60. The number of carbonyl (C=O) groups excluding carboxylic acids is 2. The molecule has 0 bridgehead atoms. The molecule has 0 saturated carbocycles. The Balaban J connectivity index is 1.38. The Morgan fingerprint density at radius 2 is 1.74 bits per heavy atom. The second-order valence-electron chi connectivity index (χ2n) is 8.67. The van der Waals surface area contributed by atoms with E-state index in [0.717, 1.165) is 23.4 Å². The van der Waals surface area contributed by atoms with Crippen molar-refractivity contribution >= 4 is 11.8 Å². The van der Waals surface area contributed by atoms with Gasteiger partial charge in [-0.1, -0.05) is 12.1 Å². The number of aromatic nitrogens is 1. The molecule has 3 fully saturated rings. The Bertz CT molecular complexity index is 975. The number of hydrogen-bond acceptors (Lipinski definition) is 7. The van der Waals surface area contributed by atoms with Gasteiger partial charge in [0, 0.05) is 38.6 Å². The summed E-state index contributed by atoms with van der Waals surface area (Å²) >= 11 is 0. The molecule has 31 heavy (non-hydrogen) atoms. The number of imide groups is 1. The predicted molar refractivity (Wildman–Crippen MR) is 112 cm³/mol. The van der Waals surface area contributed by atoms with E-state index in [1.165, 1.54) is 4.90 Å². The third kappa shape index (κ3) is 3.40. The first-order valence-electron chi connectivity index (χ1n) is 10.5. The van der Waals surface area contributed by atoms with Crippen molar-refractivity contribution in [3.8, 4) is 5.75 Å². The molecule has 2 unspecified atom stereocenters. The molecule has 3 aliphatic rings. The van der Waals surface area contributed by atoms with Crippen LogP contribution < -0.4 is 4.74 Å². The number of amides is 2. The lowest BCUT2D eigenvalue weighted by Gasteiger charge is -2.58. The number of nitrogens with zero attached hydrogens (tertiary/aromatic N) is 4. The highest BCUT2D eigenvalue weighted by atomic mass is 16.5. The number of pyridine rings is 1. The maximum atomic E-state index is 13.6. The van der Waals surface area contributed by atoms with Crippen LogP contribution in [0.15, 0.2) is 48.8 Å². The van der Waals surface area contributed by atoms with Gasteiger partial charge in [-0.05, 0) is 41.8 Å². The van der Waals surface area contributed by atoms with Crippen molar-refractivity contribution in [2.75, 3.05) is 26.7 Å². The van der Waals surface area contributed by atoms with Crippen molar-refractivity contribution in [3.63, 3.8) is 0 Å². The minimum Gasteiger partial charge on any atom is -0.497 e. The van der Waals surface area contributed by atoms with E-state index in [2.05, 4.69) is 9.88 Å². The summed E-state index contributed by atoms with van der Waals surface area (Å²) in [5.41, 5.74) is 1.25. The number of hydrogen-bond donors (Lipinski definition) is 1. The second kappa shape index (κ2) is 7.71.